The van der Waals surface area contributed by atoms with Crippen molar-refractivity contribution in [1.82, 2.24) is 14.4 Å². The second kappa shape index (κ2) is 9.58. The van der Waals surface area contributed by atoms with Crippen molar-refractivity contribution in [2.45, 2.75) is 19.3 Å². The van der Waals surface area contributed by atoms with E-state index in [2.05, 4.69) is 0 Å². The van der Waals surface area contributed by atoms with E-state index in [1.807, 2.05) is 12.1 Å². The molecule has 0 saturated carbocycles. The number of nitrogens with zero attached hydrogens (tertiary/aromatic N) is 3. The molecule has 178 valence electrons. The average molecular weight is 484 g/mol. The molecule has 2 heterocycles. The van der Waals surface area contributed by atoms with Crippen molar-refractivity contribution >= 4 is 40.1 Å². The predicted octanol–water partition coefficient (Wildman–Crippen LogP) is 4.34. The van der Waals surface area contributed by atoms with Crippen LogP contribution in [0, 0.1) is 11.7 Å². The minimum absolute atomic E-state index is 0.187. The summed E-state index contributed by atoms with van der Waals surface area (Å²) in [7, 11) is 4.82. The first-order valence-electron chi connectivity index (χ1n) is 11.2. The van der Waals surface area contributed by atoms with Crippen LogP contribution in [0.5, 0.6) is 0 Å². The first-order valence-corrected chi connectivity index (χ1v) is 11.6. The summed E-state index contributed by atoms with van der Waals surface area (Å²) >= 11 is 6.49. The van der Waals surface area contributed by atoms with E-state index in [1.54, 1.807) is 34.8 Å². The summed E-state index contributed by atoms with van der Waals surface area (Å²) in [5.74, 6) is -1.26. The Labute approximate surface area is 202 Å². The third kappa shape index (κ3) is 4.71. The molecule has 0 aliphatic carbocycles. The molecule has 1 aliphatic heterocycles. The fourth-order valence-corrected chi connectivity index (χ4v) is 4.77. The second-order valence-corrected chi connectivity index (χ2v) is 9.50. The SMILES string of the molecule is CN(C)C(=O)C(=O)c1cn(C)c2cc(Cl)c(C(=O)N3CCC(Cc4ccc(F)cc4)CC3)cc12. The van der Waals surface area contributed by atoms with Crippen LogP contribution < -0.4 is 0 Å². The largest absolute Gasteiger partial charge is 0.350 e. The zero-order chi connectivity index (χ0) is 24.6. The van der Waals surface area contributed by atoms with Crippen molar-refractivity contribution in [2.24, 2.45) is 13.0 Å². The Morgan fingerprint density at radius 2 is 1.71 bits per heavy atom. The summed E-state index contributed by atoms with van der Waals surface area (Å²) in [5.41, 5.74) is 2.34. The lowest BCUT2D eigenvalue weighted by Crippen LogP contribution is -2.39. The molecule has 1 saturated heterocycles. The number of aryl methyl sites for hydroxylation is 1. The lowest BCUT2D eigenvalue weighted by molar-refractivity contribution is -0.124. The Kier molecular flexibility index (Phi) is 6.75. The molecule has 6 nitrogen and oxygen atoms in total. The zero-order valence-corrected chi connectivity index (χ0v) is 20.2. The zero-order valence-electron chi connectivity index (χ0n) is 19.5. The number of carbonyl (C=O) groups excluding carboxylic acids is 3. The summed E-state index contributed by atoms with van der Waals surface area (Å²) < 4.78 is 14.9. The molecular formula is C26H27ClFN3O3. The number of hydrogen-bond acceptors (Lipinski definition) is 3. The fourth-order valence-electron chi connectivity index (χ4n) is 4.53. The van der Waals surface area contributed by atoms with Gasteiger partial charge in [-0.15, -0.1) is 0 Å². The van der Waals surface area contributed by atoms with E-state index in [0.29, 0.717) is 40.5 Å². The van der Waals surface area contributed by atoms with E-state index in [4.69, 9.17) is 11.6 Å². The van der Waals surface area contributed by atoms with Gasteiger partial charge in [0, 0.05) is 45.8 Å². The highest BCUT2D eigenvalue weighted by atomic mass is 35.5. The van der Waals surface area contributed by atoms with Crippen LogP contribution in [-0.2, 0) is 18.3 Å². The maximum atomic E-state index is 13.3. The van der Waals surface area contributed by atoms with Crippen molar-refractivity contribution in [3.63, 3.8) is 0 Å². The maximum absolute atomic E-state index is 13.3. The number of rotatable bonds is 5. The van der Waals surface area contributed by atoms with E-state index < -0.39 is 11.7 Å². The minimum Gasteiger partial charge on any atom is -0.350 e. The Morgan fingerprint density at radius 1 is 1.06 bits per heavy atom. The standard InChI is InChI=1S/C26H27ClFN3O3/c1-29(2)26(34)24(32)21-15-30(3)23-14-22(27)20(13-19(21)23)25(33)31-10-8-17(9-11-31)12-16-4-6-18(28)7-5-16/h4-7,13-15,17H,8-12H2,1-3H3. The Bertz CT molecular complexity index is 1260. The van der Waals surface area contributed by atoms with Gasteiger partial charge in [-0.25, -0.2) is 4.39 Å². The summed E-state index contributed by atoms with van der Waals surface area (Å²) in [6.45, 7) is 1.19. The maximum Gasteiger partial charge on any atom is 0.294 e. The highest BCUT2D eigenvalue weighted by Crippen LogP contribution is 2.30. The van der Waals surface area contributed by atoms with Gasteiger partial charge in [0.25, 0.3) is 17.6 Å². The van der Waals surface area contributed by atoms with Gasteiger partial charge in [0.05, 0.1) is 21.7 Å². The van der Waals surface area contributed by atoms with E-state index in [0.717, 1.165) is 24.8 Å². The number of ketones is 1. The normalized spacial score (nSPS) is 14.4. The predicted molar refractivity (Wildman–Crippen MR) is 130 cm³/mol. The monoisotopic (exact) mass is 483 g/mol. The molecule has 0 spiro atoms. The smallest absolute Gasteiger partial charge is 0.294 e. The van der Waals surface area contributed by atoms with Gasteiger partial charge in [-0.1, -0.05) is 23.7 Å². The summed E-state index contributed by atoms with van der Waals surface area (Å²) in [5, 5.41) is 0.840. The van der Waals surface area contributed by atoms with Crippen LogP contribution >= 0.6 is 11.6 Å². The van der Waals surface area contributed by atoms with Gasteiger partial charge >= 0.3 is 0 Å². The number of likely N-dealkylation sites (tertiary alicyclic amines) is 1. The fraction of sp³-hybridized carbons (Fsp3) is 0.346. The first kappa shape index (κ1) is 24.0. The molecule has 1 aliphatic rings. The van der Waals surface area contributed by atoms with E-state index in [1.165, 1.54) is 31.1 Å². The van der Waals surface area contributed by atoms with Crippen molar-refractivity contribution in [2.75, 3.05) is 27.2 Å². The second-order valence-electron chi connectivity index (χ2n) is 9.10. The highest BCUT2D eigenvalue weighted by Gasteiger charge is 2.28. The van der Waals surface area contributed by atoms with Gasteiger partial charge < -0.3 is 14.4 Å². The van der Waals surface area contributed by atoms with Crippen LogP contribution in [0.3, 0.4) is 0 Å². The molecule has 0 atom stereocenters. The molecule has 0 unspecified atom stereocenters. The summed E-state index contributed by atoms with van der Waals surface area (Å²) in [6.07, 6.45) is 4.13. The quantitative estimate of drug-likeness (QED) is 0.400. The minimum atomic E-state index is -0.627. The van der Waals surface area contributed by atoms with Crippen molar-refractivity contribution in [3.8, 4) is 0 Å². The van der Waals surface area contributed by atoms with E-state index >= 15 is 0 Å². The molecule has 1 fully saturated rings. The van der Waals surface area contributed by atoms with E-state index in [9.17, 15) is 18.8 Å². The summed E-state index contributed by atoms with van der Waals surface area (Å²) in [6, 6.07) is 9.86. The van der Waals surface area contributed by atoms with Crippen LogP contribution in [0.2, 0.25) is 5.02 Å². The number of piperidine rings is 1. The Morgan fingerprint density at radius 3 is 2.32 bits per heavy atom. The Balaban J connectivity index is 1.53. The number of likely N-dealkylation sites (N-methyl/N-ethyl adjacent to an activating group) is 1. The number of amides is 2. The lowest BCUT2D eigenvalue weighted by Gasteiger charge is -2.32. The molecule has 2 aromatic carbocycles. The van der Waals surface area contributed by atoms with Crippen molar-refractivity contribution in [3.05, 3.63) is 70.1 Å². The molecule has 0 N–H and O–H groups in total. The number of aromatic nitrogens is 1. The number of fused-ring (bicyclic) bond motifs is 1. The van der Waals surface area contributed by atoms with E-state index in [-0.39, 0.29) is 17.3 Å². The van der Waals surface area contributed by atoms with Crippen LogP contribution in [0.4, 0.5) is 4.39 Å². The summed E-state index contributed by atoms with van der Waals surface area (Å²) in [4.78, 5) is 41.3. The van der Waals surface area contributed by atoms with Gasteiger partial charge in [-0.3, -0.25) is 14.4 Å². The third-order valence-electron chi connectivity index (χ3n) is 6.49. The molecule has 4 rings (SSSR count). The Hall–Kier alpha value is -3.19. The third-order valence-corrected chi connectivity index (χ3v) is 6.81. The van der Waals surface area contributed by atoms with Crippen LogP contribution in [0.25, 0.3) is 10.9 Å². The average Bonchev–Trinajstić information content (AvgIpc) is 3.14. The molecule has 0 radical (unpaired) electrons. The number of hydrogen-bond donors (Lipinski definition) is 0. The highest BCUT2D eigenvalue weighted by molar-refractivity contribution is 6.45. The molecule has 34 heavy (non-hydrogen) atoms. The number of benzene rings is 2. The van der Waals surface area contributed by atoms with Crippen LogP contribution in [0.15, 0.2) is 42.6 Å². The van der Waals surface area contributed by atoms with Crippen molar-refractivity contribution in [1.29, 1.82) is 0 Å². The van der Waals surface area contributed by atoms with Gasteiger partial charge in [-0.2, -0.15) is 0 Å². The van der Waals surface area contributed by atoms with Crippen molar-refractivity contribution < 1.29 is 18.8 Å². The van der Waals surface area contributed by atoms with Gasteiger partial charge in [0.1, 0.15) is 5.82 Å². The first-order chi connectivity index (χ1) is 16.2. The number of Topliss-reactive ketones (excluding diaryl/α,β-unsaturated/α-hetero) is 1. The number of halogens is 2. The lowest BCUT2D eigenvalue weighted by atomic mass is 9.90. The van der Waals surface area contributed by atoms with Crippen LogP contribution in [-0.4, -0.2) is 59.1 Å². The van der Waals surface area contributed by atoms with Gasteiger partial charge in [0.2, 0.25) is 0 Å². The van der Waals surface area contributed by atoms with Crippen LogP contribution in [0.1, 0.15) is 39.1 Å². The topological polar surface area (TPSA) is 62.6 Å². The van der Waals surface area contributed by atoms with Gasteiger partial charge in [0.15, 0.2) is 0 Å². The molecule has 2 amide bonds. The molecule has 0 bridgehead atoms. The molecular weight excluding hydrogens is 457 g/mol. The number of carbonyl (C=O) groups is 3. The van der Waals surface area contributed by atoms with Gasteiger partial charge in [-0.05, 0) is 55.0 Å². The molecule has 3 aromatic rings. The molecule has 1 aromatic heterocycles. The molecule has 8 heteroatoms.